The first-order chi connectivity index (χ1) is 9.54. The molecule has 0 radical (unpaired) electrons. The van der Waals surface area contributed by atoms with Gasteiger partial charge in [0.1, 0.15) is 17.3 Å². The summed E-state index contributed by atoms with van der Waals surface area (Å²) >= 11 is 0. The minimum absolute atomic E-state index is 0.455. The number of aryl methyl sites for hydroxylation is 1. The van der Waals surface area contributed by atoms with Gasteiger partial charge in [-0.05, 0) is 32.2 Å². The second-order valence-corrected chi connectivity index (χ2v) is 5.59. The number of rotatable bonds is 7. The Morgan fingerprint density at radius 3 is 2.65 bits per heavy atom. The molecule has 4 heteroatoms. The fraction of sp³-hybridized carbons (Fsp3) is 0.500. The first kappa shape index (κ1) is 14.9. The molecule has 2 heterocycles. The van der Waals surface area contributed by atoms with Gasteiger partial charge >= 0.3 is 0 Å². The molecule has 0 aliphatic heterocycles. The van der Waals surface area contributed by atoms with Crippen molar-refractivity contribution in [3.05, 3.63) is 47.3 Å². The van der Waals surface area contributed by atoms with Gasteiger partial charge in [-0.25, -0.2) is 0 Å². The van der Waals surface area contributed by atoms with Crippen LogP contribution in [0.4, 0.5) is 0 Å². The number of furan rings is 2. The van der Waals surface area contributed by atoms with E-state index in [1.807, 2.05) is 25.1 Å². The van der Waals surface area contributed by atoms with Crippen LogP contribution < -0.4 is 5.32 Å². The summed E-state index contributed by atoms with van der Waals surface area (Å²) in [4.78, 5) is 2.22. The molecule has 0 amide bonds. The highest BCUT2D eigenvalue weighted by molar-refractivity contribution is 5.17. The molecule has 1 N–H and O–H groups in total. The van der Waals surface area contributed by atoms with Gasteiger partial charge in [0, 0.05) is 18.2 Å². The molecule has 0 aromatic carbocycles. The first-order valence-corrected chi connectivity index (χ1v) is 7.07. The topological polar surface area (TPSA) is 41.6 Å². The summed E-state index contributed by atoms with van der Waals surface area (Å²) in [5.41, 5.74) is 1.23. The minimum Gasteiger partial charge on any atom is -0.468 e. The van der Waals surface area contributed by atoms with Gasteiger partial charge < -0.3 is 14.2 Å². The Balaban J connectivity index is 1.90. The van der Waals surface area contributed by atoms with Crippen molar-refractivity contribution in [2.24, 2.45) is 0 Å². The number of nitrogens with one attached hydrogen (secondary N) is 1. The van der Waals surface area contributed by atoms with Crippen LogP contribution in [0.2, 0.25) is 0 Å². The van der Waals surface area contributed by atoms with Crippen molar-refractivity contribution >= 4 is 0 Å². The second-order valence-electron chi connectivity index (χ2n) is 5.59. The standard InChI is InChI=1S/C16H24N2O2/c1-12(2)17-9-16-14(7-8-19-16)10-18(4)11-15-6-5-13(3)20-15/h5-8,12,17H,9-11H2,1-4H3. The predicted octanol–water partition coefficient (Wildman–Crippen LogP) is 3.31. The van der Waals surface area contributed by atoms with Crippen LogP contribution in [0, 0.1) is 6.92 Å². The van der Waals surface area contributed by atoms with Crippen molar-refractivity contribution in [1.29, 1.82) is 0 Å². The third-order valence-corrected chi connectivity index (χ3v) is 3.17. The van der Waals surface area contributed by atoms with Crippen LogP contribution in [-0.4, -0.2) is 18.0 Å². The Kier molecular flexibility index (Phi) is 5.04. The van der Waals surface area contributed by atoms with Gasteiger partial charge in [-0.3, -0.25) is 4.90 Å². The lowest BCUT2D eigenvalue weighted by atomic mass is 10.2. The molecule has 110 valence electrons. The molecular formula is C16H24N2O2. The molecule has 0 unspecified atom stereocenters. The molecule has 2 aromatic rings. The lowest BCUT2D eigenvalue weighted by Gasteiger charge is -2.15. The maximum atomic E-state index is 5.61. The molecule has 0 aliphatic rings. The molecule has 2 rings (SSSR count). The molecular weight excluding hydrogens is 252 g/mol. The second kappa shape index (κ2) is 6.77. The van der Waals surface area contributed by atoms with Crippen LogP contribution >= 0.6 is 0 Å². The average Bonchev–Trinajstić information content (AvgIpc) is 2.96. The van der Waals surface area contributed by atoms with Crippen molar-refractivity contribution in [2.45, 2.75) is 46.4 Å². The third kappa shape index (κ3) is 4.25. The van der Waals surface area contributed by atoms with Gasteiger partial charge in [-0.2, -0.15) is 0 Å². The minimum atomic E-state index is 0.455. The van der Waals surface area contributed by atoms with Crippen molar-refractivity contribution in [3.63, 3.8) is 0 Å². The van der Waals surface area contributed by atoms with E-state index < -0.39 is 0 Å². The first-order valence-electron chi connectivity index (χ1n) is 7.07. The quantitative estimate of drug-likeness (QED) is 0.842. The zero-order valence-corrected chi connectivity index (χ0v) is 12.8. The van der Waals surface area contributed by atoms with Crippen LogP contribution in [0.5, 0.6) is 0 Å². The lowest BCUT2D eigenvalue weighted by Crippen LogP contribution is -2.23. The highest BCUT2D eigenvalue weighted by Gasteiger charge is 2.11. The molecule has 20 heavy (non-hydrogen) atoms. The van der Waals surface area contributed by atoms with Crippen molar-refractivity contribution in [1.82, 2.24) is 10.2 Å². The summed E-state index contributed by atoms with van der Waals surface area (Å²) in [5, 5.41) is 3.38. The van der Waals surface area contributed by atoms with Gasteiger partial charge in [-0.1, -0.05) is 13.8 Å². The van der Waals surface area contributed by atoms with E-state index in [0.29, 0.717) is 6.04 Å². The number of hydrogen-bond acceptors (Lipinski definition) is 4. The Labute approximate surface area is 120 Å². The number of nitrogens with zero attached hydrogens (tertiary/aromatic N) is 1. The summed E-state index contributed by atoms with van der Waals surface area (Å²) < 4.78 is 11.2. The van der Waals surface area contributed by atoms with Crippen molar-refractivity contribution < 1.29 is 8.83 Å². The summed E-state index contributed by atoms with van der Waals surface area (Å²) in [6.07, 6.45) is 1.76. The van der Waals surface area contributed by atoms with E-state index in [0.717, 1.165) is 36.9 Å². The van der Waals surface area contributed by atoms with Gasteiger partial charge in [0.05, 0.1) is 19.4 Å². The zero-order valence-electron chi connectivity index (χ0n) is 12.8. The van der Waals surface area contributed by atoms with E-state index in [4.69, 9.17) is 8.83 Å². The van der Waals surface area contributed by atoms with Gasteiger partial charge in [0.25, 0.3) is 0 Å². The summed E-state index contributed by atoms with van der Waals surface area (Å²) in [5.74, 6) is 2.97. The fourth-order valence-electron chi connectivity index (χ4n) is 2.14. The fourth-order valence-corrected chi connectivity index (χ4v) is 2.14. The van der Waals surface area contributed by atoms with E-state index >= 15 is 0 Å². The third-order valence-electron chi connectivity index (χ3n) is 3.17. The average molecular weight is 276 g/mol. The zero-order chi connectivity index (χ0) is 14.5. The number of hydrogen-bond donors (Lipinski definition) is 1. The molecule has 4 nitrogen and oxygen atoms in total. The smallest absolute Gasteiger partial charge is 0.122 e. The van der Waals surface area contributed by atoms with Gasteiger partial charge in [-0.15, -0.1) is 0 Å². The predicted molar refractivity (Wildman–Crippen MR) is 79.3 cm³/mol. The van der Waals surface area contributed by atoms with Crippen LogP contribution in [0.25, 0.3) is 0 Å². The largest absolute Gasteiger partial charge is 0.468 e. The molecule has 0 saturated heterocycles. The maximum absolute atomic E-state index is 5.61. The monoisotopic (exact) mass is 276 g/mol. The van der Waals surface area contributed by atoms with E-state index in [1.54, 1.807) is 6.26 Å². The normalized spacial score (nSPS) is 11.7. The van der Waals surface area contributed by atoms with E-state index in [2.05, 4.69) is 31.1 Å². The summed E-state index contributed by atoms with van der Waals surface area (Å²) in [6, 6.07) is 6.53. The Morgan fingerprint density at radius 2 is 2.00 bits per heavy atom. The van der Waals surface area contributed by atoms with Gasteiger partial charge in [0.2, 0.25) is 0 Å². The van der Waals surface area contributed by atoms with Gasteiger partial charge in [0.15, 0.2) is 0 Å². The SMILES string of the molecule is Cc1ccc(CN(C)Cc2ccoc2CNC(C)C)o1. The van der Waals surface area contributed by atoms with E-state index in [1.165, 1.54) is 5.56 Å². The maximum Gasteiger partial charge on any atom is 0.122 e. The van der Waals surface area contributed by atoms with Crippen LogP contribution in [0.1, 0.15) is 36.7 Å². The molecule has 0 aliphatic carbocycles. The van der Waals surface area contributed by atoms with Crippen molar-refractivity contribution in [3.8, 4) is 0 Å². The molecule has 2 aromatic heterocycles. The molecule has 0 fully saturated rings. The molecule has 0 saturated carbocycles. The highest BCUT2D eigenvalue weighted by Crippen LogP contribution is 2.15. The summed E-state index contributed by atoms with van der Waals surface area (Å²) in [7, 11) is 2.09. The molecule has 0 atom stereocenters. The van der Waals surface area contributed by atoms with Crippen LogP contribution in [0.3, 0.4) is 0 Å². The highest BCUT2D eigenvalue weighted by atomic mass is 16.3. The molecule has 0 bridgehead atoms. The Bertz CT molecular complexity index is 528. The lowest BCUT2D eigenvalue weighted by molar-refractivity contribution is 0.282. The Morgan fingerprint density at radius 1 is 1.20 bits per heavy atom. The van der Waals surface area contributed by atoms with Crippen LogP contribution in [-0.2, 0) is 19.6 Å². The van der Waals surface area contributed by atoms with E-state index in [-0.39, 0.29) is 0 Å². The Hall–Kier alpha value is -1.52. The molecule has 0 spiro atoms. The van der Waals surface area contributed by atoms with Crippen LogP contribution in [0.15, 0.2) is 33.3 Å². The van der Waals surface area contributed by atoms with Crippen molar-refractivity contribution in [2.75, 3.05) is 7.05 Å². The summed E-state index contributed by atoms with van der Waals surface area (Å²) in [6.45, 7) is 8.66. The van der Waals surface area contributed by atoms with E-state index in [9.17, 15) is 0 Å².